The Balaban J connectivity index is 2.69. The number of rotatable bonds is 5. The molecule has 1 aliphatic rings. The number of ketones is 1. The van der Waals surface area contributed by atoms with Gasteiger partial charge < -0.3 is 5.43 Å². The van der Waals surface area contributed by atoms with Gasteiger partial charge in [0.1, 0.15) is 12.6 Å². The maximum atomic E-state index is 11.2. The molecule has 0 saturated carbocycles. The summed E-state index contributed by atoms with van der Waals surface area (Å²) in [6.07, 6.45) is 7.67. The molecule has 17 heavy (non-hydrogen) atoms. The van der Waals surface area contributed by atoms with Crippen LogP contribution in [-0.4, -0.2) is 30.7 Å². The second-order valence-corrected chi connectivity index (χ2v) is 3.55. The monoisotopic (exact) mass is 233 g/mol. The van der Waals surface area contributed by atoms with Gasteiger partial charge in [-0.15, -0.1) is 0 Å². The molecule has 0 aromatic rings. The molecule has 0 heterocycles. The van der Waals surface area contributed by atoms with Gasteiger partial charge in [0.05, 0.1) is 6.04 Å². The van der Waals surface area contributed by atoms with Crippen LogP contribution in [0.2, 0.25) is 0 Å². The Labute approximate surface area is 100 Å². The zero-order valence-corrected chi connectivity index (χ0v) is 9.88. The summed E-state index contributed by atoms with van der Waals surface area (Å²) in [5.41, 5.74) is 3.91. The molecule has 0 fully saturated rings. The molecule has 0 aromatic carbocycles. The summed E-state index contributed by atoms with van der Waals surface area (Å²) in [6.45, 7) is 3.26. The Morgan fingerprint density at radius 3 is 2.94 bits per heavy atom. The third-order valence-corrected chi connectivity index (χ3v) is 2.34. The Morgan fingerprint density at radius 2 is 2.35 bits per heavy atom. The minimum atomic E-state index is -0.195. The van der Waals surface area contributed by atoms with Crippen LogP contribution in [0.4, 0.5) is 0 Å². The SMILES string of the molecule is CC=N/C=N\NC1CC=C(C(C)=O)C=C1C=O. The van der Waals surface area contributed by atoms with Gasteiger partial charge in [-0.05, 0) is 26.3 Å². The minimum Gasteiger partial charge on any atom is -0.301 e. The number of aldehydes is 1. The Bertz CT molecular complexity index is 419. The van der Waals surface area contributed by atoms with Crippen LogP contribution in [0.15, 0.2) is 33.4 Å². The molecule has 0 saturated heterocycles. The van der Waals surface area contributed by atoms with E-state index in [0.717, 1.165) is 6.29 Å². The van der Waals surface area contributed by atoms with Crippen molar-refractivity contribution < 1.29 is 9.59 Å². The van der Waals surface area contributed by atoms with Crippen molar-refractivity contribution >= 4 is 24.6 Å². The molecule has 90 valence electrons. The molecule has 0 aromatic heterocycles. The molecule has 5 nitrogen and oxygen atoms in total. The minimum absolute atomic E-state index is 0.0399. The van der Waals surface area contributed by atoms with E-state index in [9.17, 15) is 9.59 Å². The van der Waals surface area contributed by atoms with E-state index in [1.165, 1.54) is 13.3 Å². The van der Waals surface area contributed by atoms with Gasteiger partial charge >= 0.3 is 0 Å². The first-order valence-corrected chi connectivity index (χ1v) is 5.31. The molecular formula is C12H15N3O2. The average Bonchev–Trinajstić information content (AvgIpc) is 2.34. The van der Waals surface area contributed by atoms with Crippen molar-refractivity contribution in [2.45, 2.75) is 26.3 Å². The first kappa shape index (κ1) is 13.0. The van der Waals surface area contributed by atoms with Gasteiger partial charge in [0.2, 0.25) is 0 Å². The van der Waals surface area contributed by atoms with E-state index in [0.29, 0.717) is 17.6 Å². The summed E-state index contributed by atoms with van der Waals surface area (Å²) in [7, 11) is 0. The smallest absolute Gasteiger partial charge is 0.159 e. The molecule has 1 rings (SSSR count). The van der Waals surface area contributed by atoms with Crippen molar-refractivity contribution in [3.63, 3.8) is 0 Å². The van der Waals surface area contributed by atoms with Crippen LogP contribution in [0.25, 0.3) is 0 Å². The van der Waals surface area contributed by atoms with Crippen molar-refractivity contribution in [1.82, 2.24) is 5.43 Å². The fourth-order valence-corrected chi connectivity index (χ4v) is 1.43. The number of carbonyl (C=O) groups is 2. The lowest BCUT2D eigenvalue weighted by Gasteiger charge is -2.18. The molecule has 0 spiro atoms. The number of hydrazone groups is 1. The van der Waals surface area contributed by atoms with Crippen molar-refractivity contribution in [3.8, 4) is 0 Å². The third-order valence-electron chi connectivity index (χ3n) is 2.34. The number of Topliss-reactive ketones (excluding diaryl/α,β-unsaturated/α-hetero) is 1. The van der Waals surface area contributed by atoms with Crippen molar-refractivity contribution in [1.29, 1.82) is 0 Å². The quantitative estimate of drug-likeness (QED) is 0.333. The number of allylic oxidation sites excluding steroid dienone is 2. The van der Waals surface area contributed by atoms with E-state index in [-0.39, 0.29) is 11.8 Å². The highest BCUT2D eigenvalue weighted by molar-refractivity contribution is 5.98. The third kappa shape index (κ3) is 3.79. The van der Waals surface area contributed by atoms with E-state index in [2.05, 4.69) is 15.5 Å². The molecule has 0 bridgehead atoms. The fraction of sp³-hybridized carbons (Fsp3) is 0.333. The van der Waals surface area contributed by atoms with E-state index >= 15 is 0 Å². The lowest BCUT2D eigenvalue weighted by molar-refractivity contribution is -0.113. The molecule has 1 aliphatic carbocycles. The second kappa shape index (κ2) is 6.52. The van der Waals surface area contributed by atoms with Gasteiger partial charge in [0.25, 0.3) is 0 Å². The zero-order valence-electron chi connectivity index (χ0n) is 9.88. The molecule has 0 amide bonds. The van der Waals surface area contributed by atoms with Crippen LogP contribution in [0, 0.1) is 0 Å². The first-order valence-electron chi connectivity index (χ1n) is 5.31. The maximum absolute atomic E-state index is 11.2. The van der Waals surface area contributed by atoms with E-state index < -0.39 is 0 Å². The van der Waals surface area contributed by atoms with Crippen LogP contribution in [0.5, 0.6) is 0 Å². The molecule has 0 aliphatic heterocycles. The second-order valence-electron chi connectivity index (χ2n) is 3.55. The van der Waals surface area contributed by atoms with Gasteiger partial charge in [0.15, 0.2) is 5.78 Å². The highest BCUT2D eigenvalue weighted by atomic mass is 16.1. The number of nitrogens with one attached hydrogen (secondary N) is 1. The number of nitrogens with zero attached hydrogens (tertiary/aromatic N) is 2. The molecule has 0 radical (unpaired) electrons. The van der Waals surface area contributed by atoms with Gasteiger partial charge in [0, 0.05) is 17.4 Å². The standard InChI is InChI=1S/C12H15N3O2/c1-3-13-8-14-15-12-5-4-10(9(2)17)6-11(12)7-16/h3-4,6-8,12,15H,5H2,1-2H3/b13-3?,14-8-. The number of carbonyl (C=O) groups excluding carboxylic acids is 2. The highest BCUT2D eigenvalue weighted by Gasteiger charge is 2.18. The molecule has 1 N–H and O–H groups in total. The Hall–Kier alpha value is -2.04. The largest absolute Gasteiger partial charge is 0.301 e. The normalized spacial score (nSPS) is 20.2. The highest BCUT2D eigenvalue weighted by Crippen LogP contribution is 2.17. The van der Waals surface area contributed by atoms with Crippen LogP contribution in [-0.2, 0) is 9.59 Å². The van der Waals surface area contributed by atoms with Crippen LogP contribution >= 0.6 is 0 Å². The summed E-state index contributed by atoms with van der Waals surface area (Å²) in [5.74, 6) is -0.0399. The van der Waals surface area contributed by atoms with E-state index in [1.807, 2.05) is 0 Å². The van der Waals surface area contributed by atoms with Gasteiger partial charge in [-0.1, -0.05) is 6.08 Å². The topological polar surface area (TPSA) is 70.9 Å². The van der Waals surface area contributed by atoms with Crippen molar-refractivity contribution in [3.05, 3.63) is 23.3 Å². The lowest BCUT2D eigenvalue weighted by atomic mass is 9.94. The molecule has 1 atom stereocenters. The number of hydrogen-bond donors (Lipinski definition) is 1. The maximum Gasteiger partial charge on any atom is 0.159 e. The van der Waals surface area contributed by atoms with E-state index in [4.69, 9.17) is 0 Å². The molecule has 1 unspecified atom stereocenters. The van der Waals surface area contributed by atoms with Gasteiger partial charge in [-0.2, -0.15) is 5.10 Å². The summed E-state index contributed by atoms with van der Waals surface area (Å²) in [5, 5.41) is 3.87. The zero-order chi connectivity index (χ0) is 12.7. The lowest BCUT2D eigenvalue weighted by Crippen LogP contribution is -2.29. The summed E-state index contributed by atoms with van der Waals surface area (Å²) in [6, 6.07) is -0.195. The van der Waals surface area contributed by atoms with E-state index in [1.54, 1.807) is 25.3 Å². The van der Waals surface area contributed by atoms with Crippen LogP contribution in [0.3, 0.4) is 0 Å². The predicted molar refractivity (Wildman–Crippen MR) is 67.1 cm³/mol. The molecule has 5 heteroatoms. The van der Waals surface area contributed by atoms with Crippen LogP contribution < -0.4 is 5.43 Å². The number of hydrogen-bond acceptors (Lipinski definition) is 4. The Morgan fingerprint density at radius 1 is 1.59 bits per heavy atom. The van der Waals surface area contributed by atoms with Crippen molar-refractivity contribution in [2.24, 2.45) is 10.1 Å². The van der Waals surface area contributed by atoms with Crippen molar-refractivity contribution in [2.75, 3.05) is 0 Å². The van der Waals surface area contributed by atoms with Gasteiger partial charge in [-0.25, -0.2) is 4.99 Å². The summed E-state index contributed by atoms with van der Waals surface area (Å²) >= 11 is 0. The van der Waals surface area contributed by atoms with Crippen LogP contribution in [0.1, 0.15) is 20.3 Å². The average molecular weight is 233 g/mol. The number of aliphatic imine (C=N–C) groups is 1. The summed E-state index contributed by atoms with van der Waals surface area (Å²) in [4.78, 5) is 25.9. The summed E-state index contributed by atoms with van der Waals surface area (Å²) < 4.78 is 0. The predicted octanol–water partition coefficient (Wildman–Crippen LogP) is 1.02. The Kier molecular flexibility index (Phi) is 5.00. The fourth-order valence-electron chi connectivity index (χ4n) is 1.43. The molecular weight excluding hydrogens is 218 g/mol. The van der Waals surface area contributed by atoms with Gasteiger partial charge in [-0.3, -0.25) is 9.59 Å². The first-order chi connectivity index (χ1) is 8.19.